The number of anilines is 1. The van der Waals surface area contributed by atoms with Crippen molar-refractivity contribution in [3.05, 3.63) is 54.2 Å². The molecule has 5 nitrogen and oxygen atoms in total. The number of benzene rings is 1. The van der Waals surface area contributed by atoms with E-state index < -0.39 is 0 Å². The number of fused-ring (bicyclic) bond motifs is 1. The minimum atomic E-state index is -0.267. The SMILES string of the molecule is OC[C@H](Cc1ccc(F)cc1)Nc1ncnc2[nH]ccc12. The van der Waals surface area contributed by atoms with Gasteiger partial charge < -0.3 is 15.4 Å². The first-order valence-corrected chi connectivity index (χ1v) is 6.66. The van der Waals surface area contributed by atoms with Crippen LogP contribution in [0.5, 0.6) is 0 Å². The van der Waals surface area contributed by atoms with Crippen LogP contribution in [0.25, 0.3) is 11.0 Å². The van der Waals surface area contributed by atoms with Crippen molar-refractivity contribution in [3.63, 3.8) is 0 Å². The van der Waals surface area contributed by atoms with Gasteiger partial charge in [0.15, 0.2) is 0 Å². The van der Waals surface area contributed by atoms with Crippen LogP contribution in [0.1, 0.15) is 5.56 Å². The van der Waals surface area contributed by atoms with Crippen molar-refractivity contribution in [2.24, 2.45) is 0 Å². The second-order valence-electron chi connectivity index (χ2n) is 4.82. The lowest BCUT2D eigenvalue weighted by Crippen LogP contribution is -2.27. The molecule has 21 heavy (non-hydrogen) atoms. The van der Waals surface area contributed by atoms with Gasteiger partial charge in [0, 0.05) is 6.20 Å². The number of aromatic amines is 1. The molecule has 3 aromatic rings. The van der Waals surface area contributed by atoms with Crippen molar-refractivity contribution in [2.45, 2.75) is 12.5 Å². The van der Waals surface area contributed by atoms with Gasteiger partial charge in [-0.05, 0) is 30.2 Å². The Morgan fingerprint density at radius 1 is 1.19 bits per heavy atom. The summed E-state index contributed by atoms with van der Waals surface area (Å²) in [4.78, 5) is 11.3. The fourth-order valence-electron chi connectivity index (χ4n) is 2.25. The zero-order valence-corrected chi connectivity index (χ0v) is 11.3. The van der Waals surface area contributed by atoms with E-state index >= 15 is 0 Å². The minimum absolute atomic E-state index is 0.0483. The van der Waals surface area contributed by atoms with E-state index in [1.165, 1.54) is 18.5 Å². The molecule has 0 saturated heterocycles. The van der Waals surface area contributed by atoms with Crippen LogP contribution in [0.3, 0.4) is 0 Å². The van der Waals surface area contributed by atoms with Crippen LogP contribution in [0.2, 0.25) is 0 Å². The number of halogens is 1. The van der Waals surface area contributed by atoms with E-state index in [0.717, 1.165) is 16.6 Å². The average molecular weight is 286 g/mol. The number of aliphatic hydroxyl groups is 1. The van der Waals surface area contributed by atoms with Gasteiger partial charge in [0.25, 0.3) is 0 Å². The zero-order valence-electron chi connectivity index (χ0n) is 11.3. The van der Waals surface area contributed by atoms with Crippen LogP contribution in [0, 0.1) is 5.82 Å². The van der Waals surface area contributed by atoms with Crippen LogP contribution in [0.4, 0.5) is 10.2 Å². The molecule has 0 spiro atoms. The van der Waals surface area contributed by atoms with Crippen LogP contribution in [0.15, 0.2) is 42.9 Å². The Morgan fingerprint density at radius 2 is 2.00 bits per heavy atom. The number of H-pyrrole nitrogens is 1. The van der Waals surface area contributed by atoms with Gasteiger partial charge in [0.2, 0.25) is 0 Å². The van der Waals surface area contributed by atoms with Gasteiger partial charge in [-0.3, -0.25) is 0 Å². The smallest absolute Gasteiger partial charge is 0.142 e. The van der Waals surface area contributed by atoms with Crippen LogP contribution < -0.4 is 5.32 Å². The quantitative estimate of drug-likeness (QED) is 0.671. The predicted octanol–water partition coefficient (Wildman–Crippen LogP) is 2.11. The van der Waals surface area contributed by atoms with Crippen molar-refractivity contribution in [3.8, 4) is 0 Å². The van der Waals surface area contributed by atoms with E-state index in [1.807, 2.05) is 6.07 Å². The maximum atomic E-state index is 12.9. The van der Waals surface area contributed by atoms with Gasteiger partial charge in [-0.15, -0.1) is 0 Å². The lowest BCUT2D eigenvalue weighted by molar-refractivity contribution is 0.273. The van der Waals surface area contributed by atoms with E-state index in [-0.39, 0.29) is 18.5 Å². The number of hydrogen-bond acceptors (Lipinski definition) is 4. The number of nitrogens with zero attached hydrogens (tertiary/aromatic N) is 2. The number of rotatable bonds is 5. The fraction of sp³-hybridized carbons (Fsp3) is 0.200. The van der Waals surface area contributed by atoms with E-state index in [1.54, 1.807) is 18.3 Å². The van der Waals surface area contributed by atoms with Crippen molar-refractivity contribution in [1.82, 2.24) is 15.0 Å². The lowest BCUT2D eigenvalue weighted by atomic mass is 10.1. The molecule has 3 rings (SSSR count). The van der Waals surface area contributed by atoms with Gasteiger partial charge in [-0.25, -0.2) is 14.4 Å². The summed E-state index contributed by atoms with van der Waals surface area (Å²) in [5.41, 5.74) is 1.69. The Kier molecular flexibility index (Phi) is 3.79. The summed E-state index contributed by atoms with van der Waals surface area (Å²) in [5.74, 6) is 0.402. The van der Waals surface area contributed by atoms with Crippen LogP contribution in [-0.2, 0) is 6.42 Å². The second-order valence-corrected chi connectivity index (χ2v) is 4.82. The summed E-state index contributed by atoms with van der Waals surface area (Å²) in [7, 11) is 0. The largest absolute Gasteiger partial charge is 0.394 e. The molecule has 1 atom stereocenters. The monoisotopic (exact) mass is 286 g/mol. The van der Waals surface area contributed by atoms with Gasteiger partial charge in [0.05, 0.1) is 18.0 Å². The van der Waals surface area contributed by atoms with E-state index in [9.17, 15) is 9.50 Å². The van der Waals surface area contributed by atoms with E-state index in [4.69, 9.17) is 0 Å². The Balaban J connectivity index is 1.78. The molecule has 0 radical (unpaired) electrons. The molecule has 0 unspecified atom stereocenters. The highest BCUT2D eigenvalue weighted by Gasteiger charge is 2.12. The summed E-state index contributed by atoms with van der Waals surface area (Å²) >= 11 is 0. The number of aliphatic hydroxyl groups excluding tert-OH is 1. The van der Waals surface area contributed by atoms with Gasteiger partial charge in [-0.2, -0.15) is 0 Å². The van der Waals surface area contributed by atoms with Crippen molar-refractivity contribution in [2.75, 3.05) is 11.9 Å². The summed E-state index contributed by atoms with van der Waals surface area (Å²) < 4.78 is 12.9. The molecule has 6 heteroatoms. The summed E-state index contributed by atoms with van der Waals surface area (Å²) in [6.45, 7) is -0.0483. The maximum Gasteiger partial charge on any atom is 0.142 e. The molecule has 2 heterocycles. The summed E-state index contributed by atoms with van der Waals surface area (Å²) in [6.07, 6.45) is 3.83. The molecule has 0 saturated carbocycles. The third-order valence-corrected chi connectivity index (χ3v) is 3.31. The second kappa shape index (κ2) is 5.88. The van der Waals surface area contributed by atoms with Crippen LogP contribution >= 0.6 is 0 Å². The average Bonchev–Trinajstić information content (AvgIpc) is 2.98. The summed E-state index contributed by atoms with van der Waals surface area (Å²) in [6, 6.07) is 7.93. The molecular weight excluding hydrogens is 271 g/mol. The van der Waals surface area contributed by atoms with Crippen molar-refractivity contribution >= 4 is 16.9 Å². The maximum absolute atomic E-state index is 12.9. The number of hydrogen-bond donors (Lipinski definition) is 3. The first-order chi connectivity index (χ1) is 10.3. The molecule has 0 aliphatic rings. The molecule has 0 bridgehead atoms. The first-order valence-electron chi connectivity index (χ1n) is 6.66. The fourth-order valence-corrected chi connectivity index (χ4v) is 2.25. The predicted molar refractivity (Wildman–Crippen MR) is 78.5 cm³/mol. The van der Waals surface area contributed by atoms with E-state index in [2.05, 4.69) is 20.3 Å². The topological polar surface area (TPSA) is 73.8 Å². The van der Waals surface area contributed by atoms with Gasteiger partial charge in [-0.1, -0.05) is 12.1 Å². The Hall–Kier alpha value is -2.47. The normalized spacial score (nSPS) is 12.5. The van der Waals surface area contributed by atoms with Crippen molar-refractivity contribution < 1.29 is 9.50 Å². The zero-order chi connectivity index (χ0) is 14.7. The Labute approximate surface area is 120 Å². The molecule has 0 aliphatic heterocycles. The van der Waals surface area contributed by atoms with Gasteiger partial charge >= 0.3 is 0 Å². The highest BCUT2D eigenvalue weighted by molar-refractivity contribution is 5.86. The van der Waals surface area contributed by atoms with E-state index in [0.29, 0.717) is 12.2 Å². The highest BCUT2D eigenvalue weighted by Crippen LogP contribution is 2.19. The molecule has 3 N–H and O–H groups in total. The molecule has 1 aromatic carbocycles. The third-order valence-electron chi connectivity index (χ3n) is 3.31. The Morgan fingerprint density at radius 3 is 2.76 bits per heavy atom. The molecule has 2 aromatic heterocycles. The first kappa shape index (κ1) is 13.5. The Bertz CT molecular complexity index is 726. The molecule has 108 valence electrons. The molecule has 0 fully saturated rings. The molecule has 0 aliphatic carbocycles. The van der Waals surface area contributed by atoms with Gasteiger partial charge in [0.1, 0.15) is 23.6 Å². The highest BCUT2D eigenvalue weighted by atomic mass is 19.1. The van der Waals surface area contributed by atoms with Crippen LogP contribution in [-0.4, -0.2) is 32.7 Å². The molecule has 0 amide bonds. The number of nitrogens with one attached hydrogen (secondary N) is 2. The lowest BCUT2D eigenvalue weighted by Gasteiger charge is -2.17. The van der Waals surface area contributed by atoms with Crippen molar-refractivity contribution in [1.29, 1.82) is 0 Å². The number of aromatic nitrogens is 3. The third kappa shape index (κ3) is 3.00. The molecular formula is C15H15FN4O. The summed E-state index contributed by atoms with van der Waals surface area (Å²) in [5, 5.41) is 13.6. The standard InChI is InChI=1S/C15H15FN4O/c16-11-3-1-10(2-4-11)7-12(8-21)20-15-13-5-6-17-14(13)18-9-19-15/h1-6,9,12,21H,7-8H2,(H2,17,18,19,20)/t12-/m0/s1. The minimum Gasteiger partial charge on any atom is -0.394 e.